The van der Waals surface area contributed by atoms with Crippen LogP contribution < -0.4 is 5.32 Å². The number of esters is 1. The van der Waals surface area contributed by atoms with E-state index in [9.17, 15) is 18.0 Å². The van der Waals surface area contributed by atoms with Crippen molar-refractivity contribution >= 4 is 27.6 Å². The predicted octanol–water partition coefficient (Wildman–Crippen LogP) is 3.95. The van der Waals surface area contributed by atoms with Gasteiger partial charge in [-0.25, -0.2) is 17.5 Å². The molecule has 1 amide bonds. The smallest absolute Gasteiger partial charge is 0.337 e. The van der Waals surface area contributed by atoms with Crippen molar-refractivity contribution in [2.75, 3.05) is 26.5 Å². The van der Waals surface area contributed by atoms with Crippen LogP contribution in [0, 0.1) is 6.92 Å². The zero-order chi connectivity index (χ0) is 23.5. The topological polar surface area (TPSA) is 92.8 Å². The molecule has 3 rings (SSSR count). The predicted molar refractivity (Wildman–Crippen MR) is 123 cm³/mol. The molecule has 32 heavy (non-hydrogen) atoms. The van der Waals surface area contributed by atoms with Crippen molar-refractivity contribution in [1.29, 1.82) is 0 Å². The minimum atomic E-state index is -3.61. The number of aryl methyl sites for hydroxylation is 1. The van der Waals surface area contributed by atoms with Gasteiger partial charge in [0.25, 0.3) is 5.91 Å². The second-order valence-electron chi connectivity index (χ2n) is 7.36. The first-order valence-electron chi connectivity index (χ1n) is 9.77. The van der Waals surface area contributed by atoms with Gasteiger partial charge in [-0.3, -0.25) is 4.79 Å². The van der Waals surface area contributed by atoms with Crippen molar-refractivity contribution < 1.29 is 22.7 Å². The van der Waals surface area contributed by atoms with E-state index in [-0.39, 0.29) is 10.8 Å². The lowest BCUT2D eigenvalue weighted by atomic mass is 10.0. The van der Waals surface area contributed by atoms with Crippen molar-refractivity contribution in [3.8, 4) is 11.1 Å². The van der Waals surface area contributed by atoms with Gasteiger partial charge in [0.05, 0.1) is 17.6 Å². The molecule has 0 aliphatic heterocycles. The van der Waals surface area contributed by atoms with Gasteiger partial charge in [0, 0.05) is 25.3 Å². The number of carbonyl (C=O) groups excluding carboxylic acids is 2. The fourth-order valence-corrected chi connectivity index (χ4v) is 3.96. The van der Waals surface area contributed by atoms with Crippen molar-refractivity contribution in [1.82, 2.24) is 4.31 Å². The monoisotopic (exact) mass is 452 g/mol. The molecular formula is C24H24N2O5S. The summed E-state index contributed by atoms with van der Waals surface area (Å²) in [6.45, 7) is 1.79. The molecule has 0 unspecified atom stereocenters. The summed E-state index contributed by atoms with van der Waals surface area (Å²) in [4.78, 5) is 24.4. The zero-order valence-electron chi connectivity index (χ0n) is 18.2. The highest BCUT2D eigenvalue weighted by Crippen LogP contribution is 2.24. The van der Waals surface area contributed by atoms with Crippen molar-refractivity contribution in [2.24, 2.45) is 0 Å². The number of ether oxygens (including phenoxy) is 1. The summed E-state index contributed by atoms with van der Waals surface area (Å²) in [6.07, 6.45) is 0. The van der Waals surface area contributed by atoms with E-state index in [2.05, 4.69) is 5.32 Å². The Morgan fingerprint density at radius 1 is 0.844 bits per heavy atom. The summed E-state index contributed by atoms with van der Waals surface area (Å²) in [5, 5.41) is 2.79. The van der Waals surface area contributed by atoms with Gasteiger partial charge in [-0.05, 0) is 60.0 Å². The summed E-state index contributed by atoms with van der Waals surface area (Å²) in [7, 11) is 0.635. The van der Waals surface area contributed by atoms with Gasteiger partial charge in [-0.2, -0.15) is 0 Å². The number of carbonyl (C=O) groups is 2. The largest absolute Gasteiger partial charge is 0.465 e. The van der Waals surface area contributed by atoms with Crippen molar-refractivity contribution in [2.45, 2.75) is 11.8 Å². The normalized spacial score (nSPS) is 11.3. The third-order valence-corrected chi connectivity index (χ3v) is 6.83. The van der Waals surface area contributed by atoms with E-state index in [1.807, 2.05) is 12.1 Å². The van der Waals surface area contributed by atoms with Crippen molar-refractivity contribution in [3.63, 3.8) is 0 Å². The van der Waals surface area contributed by atoms with E-state index in [1.54, 1.807) is 49.4 Å². The first-order chi connectivity index (χ1) is 15.1. The SMILES string of the molecule is COC(=O)c1ccc(-c2ccc(C(=O)Nc3cc(S(=O)(=O)N(C)C)ccc3C)cc2)cc1. The Kier molecular flexibility index (Phi) is 6.76. The van der Waals surface area contributed by atoms with Crippen LogP contribution in [0.1, 0.15) is 26.3 Å². The lowest BCUT2D eigenvalue weighted by molar-refractivity contribution is 0.0600. The number of benzene rings is 3. The van der Waals surface area contributed by atoms with Crippen molar-refractivity contribution in [3.05, 3.63) is 83.4 Å². The Morgan fingerprint density at radius 2 is 1.38 bits per heavy atom. The zero-order valence-corrected chi connectivity index (χ0v) is 19.1. The number of nitrogens with one attached hydrogen (secondary N) is 1. The molecule has 0 fully saturated rings. The highest BCUT2D eigenvalue weighted by molar-refractivity contribution is 7.89. The molecule has 0 aliphatic rings. The van der Waals surface area contributed by atoms with Crippen LogP contribution in [0.15, 0.2) is 71.6 Å². The minimum absolute atomic E-state index is 0.106. The molecule has 0 bridgehead atoms. The number of hydrogen-bond donors (Lipinski definition) is 1. The number of hydrogen-bond acceptors (Lipinski definition) is 5. The number of anilines is 1. The van der Waals surface area contributed by atoms with Gasteiger partial charge in [0.1, 0.15) is 0 Å². The van der Waals surface area contributed by atoms with Crippen LogP contribution in [-0.4, -0.2) is 45.8 Å². The quantitative estimate of drug-likeness (QED) is 0.572. The van der Waals surface area contributed by atoms with Crippen LogP contribution >= 0.6 is 0 Å². The van der Waals surface area contributed by atoms with Crippen LogP contribution in [-0.2, 0) is 14.8 Å². The van der Waals surface area contributed by atoms with Crippen LogP contribution in [0.4, 0.5) is 5.69 Å². The highest BCUT2D eigenvalue weighted by Gasteiger charge is 2.19. The molecule has 0 aliphatic carbocycles. The Morgan fingerprint density at radius 3 is 1.88 bits per heavy atom. The number of rotatable bonds is 6. The van der Waals surface area contributed by atoms with E-state index in [1.165, 1.54) is 33.3 Å². The Labute approximate surface area is 187 Å². The van der Waals surface area contributed by atoms with Gasteiger partial charge in [-0.1, -0.05) is 30.3 Å². The fourth-order valence-electron chi connectivity index (χ4n) is 3.03. The first kappa shape index (κ1) is 23.2. The number of nitrogens with zero attached hydrogens (tertiary/aromatic N) is 1. The second-order valence-corrected chi connectivity index (χ2v) is 9.52. The van der Waals surface area contributed by atoms with Crippen LogP contribution in [0.2, 0.25) is 0 Å². The van der Waals surface area contributed by atoms with Gasteiger partial charge in [0.2, 0.25) is 10.0 Å². The standard InChI is InChI=1S/C24H24N2O5S/c1-16-5-14-21(32(29,30)26(2)3)15-22(16)25-23(27)19-10-6-17(7-11-19)18-8-12-20(13-9-18)24(28)31-4/h5-15H,1-4H3,(H,25,27). The molecule has 0 saturated heterocycles. The number of sulfonamides is 1. The summed E-state index contributed by atoms with van der Waals surface area (Å²) < 4.78 is 30.6. The molecule has 0 saturated carbocycles. The van der Waals surface area contributed by atoms with E-state index in [4.69, 9.17) is 4.74 Å². The Hall–Kier alpha value is -3.49. The van der Waals surface area contributed by atoms with E-state index < -0.39 is 16.0 Å². The second kappa shape index (κ2) is 9.33. The molecule has 3 aromatic rings. The number of amides is 1. The molecule has 0 atom stereocenters. The third kappa shape index (κ3) is 4.87. The van der Waals surface area contributed by atoms with Crippen LogP contribution in [0.3, 0.4) is 0 Å². The maximum absolute atomic E-state index is 12.7. The van der Waals surface area contributed by atoms with Crippen LogP contribution in [0.25, 0.3) is 11.1 Å². The van der Waals surface area contributed by atoms with E-state index in [0.29, 0.717) is 16.8 Å². The first-order valence-corrected chi connectivity index (χ1v) is 11.2. The van der Waals surface area contributed by atoms with E-state index in [0.717, 1.165) is 21.0 Å². The molecule has 8 heteroatoms. The molecule has 0 heterocycles. The average molecular weight is 453 g/mol. The number of methoxy groups -OCH3 is 1. The molecule has 1 N–H and O–H groups in total. The summed E-state index contributed by atoms with van der Waals surface area (Å²) in [6, 6.07) is 18.6. The van der Waals surface area contributed by atoms with Gasteiger partial charge >= 0.3 is 5.97 Å². The lowest BCUT2D eigenvalue weighted by Crippen LogP contribution is -2.22. The lowest BCUT2D eigenvalue weighted by Gasteiger charge is -2.14. The van der Waals surface area contributed by atoms with Gasteiger partial charge in [0.15, 0.2) is 0 Å². The molecule has 3 aromatic carbocycles. The maximum Gasteiger partial charge on any atom is 0.337 e. The third-order valence-electron chi connectivity index (χ3n) is 5.02. The Bertz CT molecular complexity index is 1250. The molecule has 166 valence electrons. The van der Waals surface area contributed by atoms with Crippen LogP contribution in [0.5, 0.6) is 0 Å². The van der Waals surface area contributed by atoms with Gasteiger partial charge < -0.3 is 10.1 Å². The average Bonchev–Trinajstić information content (AvgIpc) is 2.80. The highest BCUT2D eigenvalue weighted by atomic mass is 32.2. The summed E-state index contributed by atoms with van der Waals surface area (Å²) >= 11 is 0. The molecule has 7 nitrogen and oxygen atoms in total. The maximum atomic E-state index is 12.7. The van der Waals surface area contributed by atoms with E-state index >= 15 is 0 Å². The molecule has 0 aromatic heterocycles. The Balaban J connectivity index is 1.79. The van der Waals surface area contributed by atoms with Gasteiger partial charge in [-0.15, -0.1) is 0 Å². The summed E-state index contributed by atoms with van der Waals surface area (Å²) in [5.74, 6) is -0.749. The summed E-state index contributed by atoms with van der Waals surface area (Å²) in [5.41, 5.74) is 3.84. The fraction of sp³-hybridized carbons (Fsp3) is 0.167. The molecule has 0 spiro atoms. The molecular weight excluding hydrogens is 428 g/mol. The molecule has 0 radical (unpaired) electrons. The minimum Gasteiger partial charge on any atom is -0.465 e.